The summed E-state index contributed by atoms with van der Waals surface area (Å²) in [5.74, 6) is 1.43. The van der Waals surface area contributed by atoms with Crippen molar-refractivity contribution in [3.05, 3.63) is 63.0 Å². The first-order valence-electron chi connectivity index (χ1n) is 9.27. The predicted octanol–water partition coefficient (Wildman–Crippen LogP) is 5.64. The highest BCUT2D eigenvalue weighted by Crippen LogP contribution is 2.35. The van der Waals surface area contributed by atoms with Gasteiger partial charge < -0.3 is 9.47 Å². The lowest BCUT2D eigenvalue weighted by molar-refractivity contribution is -0.121. The molecule has 0 bridgehead atoms. The number of hydrogen-bond acceptors (Lipinski definition) is 5. The van der Waals surface area contributed by atoms with Crippen LogP contribution in [0.15, 0.2) is 41.3 Å². The molecule has 3 rings (SSSR count). The topological polar surface area (TPSA) is 38.8 Å². The third-order valence-corrected chi connectivity index (χ3v) is 6.06. The minimum atomic E-state index is -0.0909. The monoisotopic (exact) mass is 447 g/mol. The molecule has 0 aromatic heterocycles. The van der Waals surface area contributed by atoms with Gasteiger partial charge in [-0.3, -0.25) is 9.69 Å². The van der Waals surface area contributed by atoms with Gasteiger partial charge in [0.05, 0.1) is 4.91 Å². The van der Waals surface area contributed by atoms with Crippen molar-refractivity contribution in [2.24, 2.45) is 0 Å². The summed E-state index contributed by atoms with van der Waals surface area (Å²) < 4.78 is 12.4. The average molecular weight is 448 g/mol. The number of likely N-dealkylation sites (N-methyl/N-ethyl adjacent to an activating group) is 1. The van der Waals surface area contributed by atoms with Crippen LogP contribution in [-0.2, 0) is 4.79 Å². The van der Waals surface area contributed by atoms with E-state index in [1.54, 1.807) is 29.2 Å². The van der Waals surface area contributed by atoms with Crippen molar-refractivity contribution in [3.8, 4) is 11.5 Å². The zero-order chi connectivity index (χ0) is 21.0. The van der Waals surface area contributed by atoms with E-state index in [1.165, 1.54) is 11.8 Å². The Kier molecular flexibility index (Phi) is 7.22. The van der Waals surface area contributed by atoms with Gasteiger partial charge in [-0.15, -0.1) is 0 Å². The second-order valence-electron chi connectivity index (χ2n) is 6.53. The number of benzene rings is 2. The summed E-state index contributed by atoms with van der Waals surface area (Å²) in [5.41, 5.74) is 2.92. The van der Waals surface area contributed by atoms with Crippen LogP contribution in [0, 0.1) is 13.8 Å². The summed E-state index contributed by atoms with van der Waals surface area (Å²) in [5, 5.41) is 0.571. The fraction of sp³-hybridized carbons (Fsp3) is 0.273. The third kappa shape index (κ3) is 5.13. The number of halogens is 1. The number of para-hydroxylation sites is 1. The molecule has 1 amide bonds. The summed E-state index contributed by atoms with van der Waals surface area (Å²) in [7, 11) is 0. The molecule has 1 heterocycles. The van der Waals surface area contributed by atoms with Crippen LogP contribution in [0.1, 0.15) is 23.6 Å². The van der Waals surface area contributed by atoms with Crippen LogP contribution < -0.4 is 9.47 Å². The van der Waals surface area contributed by atoms with E-state index in [2.05, 4.69) is 0 Å². The lowest BCUT2D eigenvalue weighted by Crippen LogP contribution is -2.27. The third-order valence-electron chi connectivity index (χ3n) is 4.44. The Hall–Kier alpha value is -2.02. The van der Waals surface area contributed by atoms with Crippen LogP contribution in [0.25, 0.3) is 6.08 Å². The number of carbonyl (C=O) groups is 1. The molecule has 1 aliphatic rings. The molecule has 0 N–H and O–H groups in total. The number of thiocarbonyl (C=S) groups is 1. The minimum Gasteiger partial charge on any atom is -0.489 e. The number of carbonyl (C=O) groups excluding carboxylic acids is 1. The van der Waals surface area contributed by atoms with Crippen LogP contribution in [0.5, 0.6) is 11.5 Å². The number of thioether (sulfide) groups is 1. The van der Waals surface area contributed by atoms with Crippen molar-refractivity contribution < 1.29 is 14.3 Å². The minimum absolute atomic E-state index is 0.0909. The maximum absolute atomic E-state index is 12.5. The van der Waals surface area contributed by atoms with E-state index in [0.29, 0.717) is 39.8 Å². The molecule has 7 heteroatoms. The zero-order valence-corrected chi connectivity index (χ0v) is 18.9. The lowest BCUT2D eigenvalue weighted by Gasteiger charge is -2.14. The van der Waals surface area contributed by atoms with Gasteiger partial charge in [-0.05, 0) is 56.2 Å². The second kappa shape index (κ2) is 9.65. The Morgan fingerprint density at radius 2 is 1.83 bits per heavy atom. The van der Waals surface area contributed by atoms with Crippen LogP contribution in [0.3, 0.4) is 0 Å². The fourth-order valence-corrected chi connectivity index (χ4v) is 4.56. The van der Waals surface area contributed by atoms with Crippen LogP contribution in [-0.4, -0.2) is 34.9 Å². The van der Waals surface area contributed by atoms with Gasteiger partial charge in [0.25, 0.3) is 5.91 Å². The number of nitrogens with zero attached hydrogens (tertiary/aromatic N) is 1. The molecule has 0 atom stereocenters. The van der Waals surface area contributed by atoms with Crippen molar-refractivity contribution in [3.63, 3.8) is 0 Å². The molecule has 0 saturated carbocycles. The molecule has 0 radical (unpaired) electrons. The molecule has 0 aliphatic carbocycles. The van der Waals surface area contributed by atoms with Crippen molar-refractivity contribution in [1.29, 1.82) is 0 Å². The summed E-state index contributed by atoms with van der Waals surface area (Å²) in [6.07, 6.45) is 1.78. The molecule has 2 aromatic carbocycles. The van der Waals surface area contributed by atoms with Crippen molar-refractivity contribution in [2.75, 3.05) is 19.8 Å². The van der Waals surface area contributed by atoms with E-state index in [1.807, 2.05) is 39.0 Å². The van der Waals surface area contributed by atoms with Gasteiger partial charge in [0.1, 0.15) is 29.0 Å². The maximum Gasteiger partial charge on any atom is 0.266 e. The maximum atomic E-state index is 12.5. The van der Waals surface area contributed by atoms with Crippen molar-refractivity contribution >= 4 is 51.9 Å². The Morgan fingerprint density at radius 1 is 1.14 bits per heavy atom. The van der Waals surface area contributed by atoms with Crippen molar-refractivity contribution in [2.45, 2.75) is 20.8 Å². The van der Waals surface area contributed by atoms with Crippen molar-refractivity contribution in [1.82, 2.24) is 4.90 Å². The first kappa shape index (κ1) is 21.7. The van der Waals surface area contributed by atoms with Gasteiger partial charge in [-0.2, -0.15) is 0 Å². The van der Waals surface area contributed by atoms with Gasteiger partial charge in [-0.1, -0.05) is 53.8 Å². The highest BCUT2D eigenvalue weighted by atomic mass is 35.5. The molecule has 152 valence electrons. The number of ether oxygens (including phenoxy) is 2. The Bertz CT molecular complexity index is 954. The Labute approximate surface area is 185 Å². The van der Waals surface area contributed by atoms with E-state index in [-0.39, 0.29) is 5.91 Å². The molecule has 0 unspecified atom stereocenters. The van der Waals surface area contributed by atoms with E-state index >= 15 is 0 Å². The average Bonchev–Trinajstić information content (AvgIpc) is 2.94. The van der Waals surface area contributed by atoms with E-state index in [4.69, 9.17) is 33.3 Å². The van der Waals surface area contributed by atoms with Crippen LogP contribution >= 0.6 is 35.6 Å². The van der Waals surface area contributed by atoms with Crippen LogP contribution in [0.4, 0.5) is 0 Å². The zero-order valence-electron chi connectivity index (χ0n) is 16.5. The fourth-order valence-electron chi connectivity index (χ4n) is 3.00. The molecule has 1 saturated heterocycles. The van der Waals surface area contributed by atoms with Gasteiger partial charge in [0.2, 0.25) is 0 Å². The highest BCUT2D eigenvalue weighted by Gasteiger charge is 2.30. The predicted molar refractivity (Wildman–Crippen MR) is 124 cm³/mol. The van der Waals surface area contributed by atoms with E-state index < -0.39 is 0 Å². The first-order valence-corrected chi connectivity index (χ1v) is 10.9. The molecular formula is C22H22ClNO3S2. The summed E-state index contributed by atoms with van der Waals surface area (Å²) in [6, 6.07) is 11.4. The lowest BCUT2D eigenvalue weighted by atomic mass is 10.1. The SMILES string of the molecule is CCN1C(=O)/C(=C/c2cc(Cl)ccc2OCCOc2c(C)cccc2C)SC1=S. The molecular weight excluding hydrogens is 426 g/mol. The quantitative estimate of drug-likeness (QED) is 0.312. The number of amides is 1. The van der Waals surface area contributed by atoms with E-state index in [0.717, 1.165) is 22.4 Å². The smallest absolute Gasteiger partial charge is 0.266 e. The van der Waals surface area contributed by atoms with Crippen LogP contribution in [0.2, 0.25) is 5.02 Å². The van der Waals surface area contributed by atoms with Gasteiger partial charge in [0, 0.05) is 17.1 Å². The van der Waals surface area contributed by atoms with E-state index in [9.17, 15) is 4.79 Å². The van der Waals surface area contributed by atoms with Gasteiger partial charge in [0.15, 0.2) is 0 Å². The number of rotatable bonds is 7. The molecule has 29 heavy (non-hydrogen) atoms. The van der Waals surface area contributed by atoms with Gasteiger partial charge >= 0.3 is 0 Å². The molecule has 1 fully saturated rings. The molecule has 0 spiro atoms. The molecule has 1 aliphatic heterocycles. The second-order valence-corrected chi connectivity index (χ2v) is 8.64. The largest absolute Gasteiger partial charge is 0.489 e. The summed E-state index contributed by atoms with van der Waals surface area (Å²) in [6.45, 7) is 7.27. The Balaban J connectivity index is 1.70. The number of hydrogen-bond donors (Lipinski definition) is 0. The highest BCUT2D eigenvalue weighted by molar-refractivity contribution is 8.26. The summed E-state index contributed by atoms with van der Waals surface area (Å²) in [4.78, 5) is 14.6. The number of aryl methyl sites for hydroxylation is 2. The molecule has 2 aromatic rings. The standard InChI is InChI=1S/C22H22ClNO3S2/c1-4-24-21(25)19(29-22(24)28)13-16-12-17(23)8-9-18(16)26-10-11-27-20-14(2)6-5-7-15(20)3/h5-9,12-13H,4,10-11H2,1-3H3/b19-13-. The Morgan fingerprint density at radius 3 is 2.48 bits per heavy atom. The summed E-state index contributed by atoms with van der Waals surface area (Å²) >= 11 is 12.7. The normalized spacial score (nSPS) is 15.3. The van der Waals surface area contributed by atoms with Gasteiger partial charge in [-0.25, -0.2) is 0 Å². The molecule has 4 nitrogen and oxygen atoms in total. The first-order chi connectivity index (χ1) is 13.9.